The third-order valence-corrected chi connectivity index (χ3v) is 5.08. The molecule has 7 nitrogen and oxygen atoms in total. The molecular formula is C17H17F2N5O2S. The molecule has 1 aromatic carbocycles. The number of benzene rings is 1. The fraction of sp³-hybridized carbons (Fsp3) is 0.176. The van der Waals surface area contributed by atoms with Crippen LogP contribution in [0.25, 0.3) is 5.82 Å². The largest absolute Gasteiger partial charge is 0.369 e. The zero-order chi connectivity index (χ0) is 19.4. The molecule has 0 spiro atoms. The zero-order valence-corrected chi connectivity index (χ0v) is 15.2. The third-order valence-electron chi connectivity index (χ3n) is 3.62. The van der Waals surface area contributed by atoms with E-state index in [0.29, 0.717) is 23.5 Å². The summed E-state index contributed by atoms with van der Waals surface area (Å²) < 4.78 is 54.5. The van der Waals surface area contributed by atoms with Gasteiger partial charge in [0.1, 0.15) is 17.5 Å². The number of sulfonamides is 1. The lowest BCUT2D eigenvalue weighted by atomic mass is 10.3. The third kappa shape index (κ3) is 4.66. The predicted molar refractivity (Wildman–Crippen MR) is 96.1 cm³/mol. The van der Waals surface area contributed by atoms with Crippen molar-refractivity contribution in [3.8, 4) is 5.82 Å². The first kappa shape index (κ1) is 18.9. The monoisotopic (exact) mass is 393 g/mol. The Bertz CT molecular complexity index is 1040. The molecule has 0 amide bonds. The molecule has 0 unspecified atom stereocenters. The van der Waals surface area contributed by atoms with Crippen molar-refractivity contribution in [2.45, 2.75) is 11.8 Å². The van der Waals surface area contributed by atoms with Crippen molar-refractivity contribution in [3.63, 3.8) is 0 Å². The van der Waals surface area contributed by atoms with Crippen LogP contribution in [0.5, 0.6) is 0 Å². The van der Waals surface area contributed by atoms with E-state index in [2.05, 4.69) is 20.0 Å². The van der Waals surface area contributed by atoms with E-state index in [-0.39, 0.29) is 18.0 Å². The van der Waals surface area contributed by atoms with Crippen LogP contribution in [0.4, 0.5) is 14.6 Å². The summed E-state index contributed by atoms with van der Waals surface area (Å²) in [6.07, 6.45) is 3.70. The van der Waals surface area contributed by atoms with Gasteiger partial charge in [-0.15, -0.1) is 0 Å². The van der Waals surface area contributed by atoms with Gasteiger partial charge in [0.25, 0.3) is 0 Å². The molecular weight excluding hydrogens is 376 g/mol. The van der Waals surface area contributed by atoms with E-state index < -0.39 is 21.7 Å². The van der Waals surface area contributed by atoms with E-state index in [0.717, 1.165) is 12.1 Å². The Labute approximate surface area is 155 Å². The summed E-state index contributed by atoms with van der Waals surface area (Å²) in [6.45, 7) is 2.03. The molecule has 0 atom stereocenters. The van der Waals surface area contributed by atoms with Crippen LogP contribution in [0.1, 0.15) is 5.82 Å². The molecule has 142 valence electrons. The summed E-state index contributed by atoms with van der Waals surface area (Å²) in [5.41, 5.74) is 0. The highest BCUT2D eigenvalue weighted by atomic mass is 32.2. The Morgan fingerprint density at radius 2 is 1.78 bits per heavy atom. The Morgan fingerprint density at radius 1 is 1.04 bits per heavy atom. The van der Waals surface area contributed by atoms with Crippen LogP contribution >= 0.6 is 0 Å². The molecule has 2 aromatic heterocycles. The molecule has 2 N–H and O–H groups in total. The highest BCUT2D eigenvalue weighted by molar-refractivity contribution is 7.89. The molecule has 0 aliphatic carbocycles. The van der Waals surface area contributed by atoms with Crippen LogP contribution in [0.3, 0.4) is 0 Å². The Balaban J connectivity index is 1.61. The summed E-state index contributed by atoms with van der Waals surface area (Å²) >= 11 is 0. The van der Waals surface area contributed by atoms with Crippen molar-refractivity contribution in [3.05, 3.63) is 66.3 Å². The van der Waals surface area contributed by atoms with Gasteiger partial charge in [-0.1, -0.05) is 0 Å². The number of rotatable bonds is 7. The van der Waals surface area contributed by atoms with E-state index in [1.54, 1.807) is 13.0 Å². The first-order valence-electron chi connectivity index (χ1n) is 8.03. The highest BCUT2D eigenvalue weighted by Crippen LogP contribution is 2.14. The second kappa shape index (κ2) is 7.80. The molecule has 0 bridgehead atoms. The van der Waals surface area contributed by atoms with Crippen LogP contribution in [-0.2, 0) is 10.0 Å². The predicted octanol–water partition coefficient (Wildman–Crippen LogP) is 2.24. The number of hydrogen-bond donors (Lipinski definition) is 2. The van der Waals surface area contributed by atoms with Gasteiger partial charge in [-0.25, -0.2) is 31.9 Å². The summed E-state index contributed by atoms with van der Waals surface area (Å²) in [5.74, 6) is -0.542. The van der Waals surface area contributed by atoms with E-state index in [9.17, 15) is 17.2 Å². The number of hydrogen-bond acceptors (Lipinski definition) is 5. The molecule has 0 saturated heterocycles. The second-order valence-corrected chi connectivity index (χ2v) is 7.42. The minimum Gasteiger partial charge on any atom is -0.369 e. The molecule has 10 heteroatoms. The summed E-state index contributed by atoms with van der Waals surface area (Å²) in [7, 11) is -3.94. The smallest absolute Gasteiger partial charge is 0.240 e. The van der Waals surface area contributed by atoms with Crippen LogP contribution in [0, 0.1) is 18.6 Å². The molecule has 0 aliphatic heterocycles. The zero-order valence-electron chi connectivity index (χ0n) is 14.4. The molecule has 27 heavy (non-hydrogen) atoms. The SMILES string of the molecule is Cc1nc(NCCNS(=O)(=O)c2ccc(F)c(F)c2)cc(-n2cccc2)n1. The quantitative estimate of drug-likeness (QED) is 0.601. The Hall–Kier alpha value is -2.85. The number of nitrogens with zero attached hydrogens (tertiary/aromatic N) is 3. The topological polar surface area (TPSA) is 88.9 Å². The van der Waals surface area contributed by atoms with Crippen molar-refractivity contribution in [2.75, 3.05) is 18.4 Å². The van der Waals surface area contributed by atoms with E-state index >= 15 is 0 Å². The van der Waals surface area contributed by atoms with Gasteiger partial charge < -0.3 is 9.88 Å². The molecule has 3 aromatic rings. The van der Waals surface area contributed by atoms with Crippen LogP contribution < -0.4 is 10.0 Å². The number of halogens is 2. The van der Waals surface area contributed by atoms with Crippen molar-refractivity contribution in [1.29, 1.82) is 0 Å². The van der Waals surface area contributed by atoms with Gasteiger partial charge in [0, 0.05) is 31.5 Å². The second-order valence-electron chi connectivity index (χ2n) is 5.65. The number of aromatic nitrogens is 3. The minimum absolute atomic E-state index is 0.0310. The van der Waals surface area contributed by atoms with Crippen molar-refractivity contribution >= 4 is 15.8 Å². The Kier molecular flexibility index (Phi) is 5.47. The van der Waals surface area contributed by atoms with Crippen LogP contribution in [0.2, 0.25) is 0 Å². The maximum absolute atomic E-state index is 13.2. The van der Waals surface area contributed by atoms with Crippen LogP contribution in [0.15, 0.2) is 53.7 Å². The van der Waals surface area contributed by atoms with Gasteiger partial charge in [0.15, 0.2) is 11.6 Å². The van der Waals surface area contributed by atoms with Crippen molar-refractivity contribution in [2.24, 2.45) is 0 Å². The minimum atomic E-state index is -3.94. The standard InChI is InChI=1S/C17H17F2N5O2S/c1-12-22-16(11-17(23-12)24-8-2-3-9-24)20-6-7-21-27(25,26)13-4-5-14(18)15(19)10-13/h2-5,8-11,21H,6-7H2,1H3,(H,20,22,23). The highest BCUT2D eigenvalue weighted by Gasteiger charge is 2.15. The van der Waals surface area contributed by atoms with Gasteiger partial charge in [-0.2, -0.15) is 0 Å². The first-order chi connectivity index (χ1) is 12.8. The Morgan fingerprint density at radius 3 is 2.48 bits per heavy atom. The van der Waals surface area contributed by atoms with Gasteiger partial charge in [-0.05, 0) is 37.3 Å². The first-order valence-corrected chi connectivity index (χ1v) is 9.51. The molecule has 0 radical (unpaired) electrons. The van der Waals surface area contributed by atoms with Gasteiger partial charge in [0.2, 0.25) is 10.0 Å². The lowest BCUT2D eigenvalue weighted by Gasteiger charge is -2.10. The van der Waals surface area contributed by atoms with Crippen LogP contribution in [-0.4, -0.2) is 36.0 Å². The molecule has 2 heterocycles. The van der Waals surface area contributed by atoms with E-state index in [1.165, 1.54) is 0 Å². The number of anilines is 1. The molecule has 0 aliphatic rings. The summed E-state index contributed by atoms with van der Waals surface area (Å²) in [6, 6.07) is 7.90. The fourth-order valence-corrected chi connectivity index (χ4v) is 3.41. The lowest BCUT2D eigenvalue weighted by Crippen LogP contribution is -2.29. The average Bonchev–Trinajstić information content (AvgIpc) is 3.15. The fourth-order valence-electron chi connectivity index (χ4n) is 2.37. The maximum atomic E-state index is 13.2. The maximum Gasteiger partial charge on any atom is 0.240 e. The van der Waals surface area contributed by atoms with Crippen molar-refractivity contribution < 1.29 is 17.2 Å². The molecule has 0 fully saturated rings. The molecule has 3 rings (SSSR count). The molecule has 0 saturated carbocycles. The summed E-state index contributed by atoms with van der Waals surface area (Å²) in [4.78, 5) is 8.25. The summed E-state index contributed by atoms with van der Waals surface area (Å²) in [5, 5.41) is 3.01. The van der Waals surface area contributed by atoms with E-state index in [4.69, 9.17) is 0 Å². The average molecular weight is 393 g/mol. The number of aryl methyl sites for hydroxylation is 1. The van der Waals surface area contributed by atoms with Gasteiger partial charge in [-0.3, -0.25) is 0 Å². The van der Waals surface area contributed by atoms with Gasteiger partial charge >= 0.3 is 0 Å². The number of nitrogens with one attached hydrogen (secondary N) is 2. The lowest BCUT2D eigenvalue weighted by molar-refractivity contribution is 0.504. The van der Waals surface area contributed by atoms with Gasteiger partial charge in [0.05, 0.1) is 4.90 Å². The van der Waals surface area contributed by atoms with E-state index in [1.807, 2.05) is 29.1 Å². The van der Waals surface area contributed by atoms with Crippen molar-refractivity contribution in [1.82, 2.24) is 19.3 Å². The normalized spacial score (nSPS) is 11.5.